The van der Waals surface area contributed by atoms with Gasteiger partial charge in [0.15, 0.2) is 6.61 Å². The third-order valence-electron chi connectivity index (χ3n) is 5.19. The maximum atomic E-state index is 12.2. The van der Waals surface area contributed by atoms with Crippen molar-refractivity contribution in [2.75, 3.05) is 0 Å². The van der Waals surface area contributed by atoms with E-state index in [0.29, 0.717) is 23.4 Å². The van der Waals surface area contributed by atoms with E-state index in [1.807, 2.05) is 55.9 Å². The van der Waals surface area contributed by atoms with Crippen LogP contribution in [0, 0.1) is 20.8 Å². The quantitative estimate of drug-likeness (QED) is 0.415. The van der Waals surface area contributed by atoms with Crippen LogP contribution >= 0.6 is 0 Å². The zero-order valence-electron chi connectivity index (χ0n) is 17.9. The van der Waals surface area contributed by atoms with Gasteiger partial charge >= 0.3 is 5.97 Å². The fourth-order valence-corrected chi connectivity index (χ4v) is 3.45. The first-order valence-electron chi connectivity index (χ1n) is 9.93. The van der Waals surface area contributed by atoms with Crippen molar-refractivity contribution < 1.29 is 18.5 Å². The molecule has 4 aromatic rings. The first-order valence-corrected chi connectivity index (χ1v) is 9.93. The molecule has 0 aliphatic carbocycles. The van der Waals surface area contributed by atoms with E-state index in [9.17, 15) is 4.79 Å². The zero-order valence-corrected chi connectivity index (χ0v) is 17.9. The molecule has 0 bridgehead atoms. The molecule has 0 radical (unpaired) electrons. The molecule has 0 spiro atoms. The van der Waals surface area contributed by atoms with Crippen LogP contribution in [-0.4, -0.2) is 31.1 Å². The van der Waals surface area contributed by atoms with Crippen LogP contribution < -0.4 is 0 Å². The molecule has 9 nitrogen and oxygen atoms in total. The van der Waals surface area contributed by atoms with Crippen LogP contribution in [0.5, 0.6) is 0 Å². The van der Waals surface area contributed by atoms with Crippen LogP contribution in [0.3, 0.4) is 0 Å². The predicted octanol–water partition coefficient (Wildman–Crippen LogP) is 3.73. The predicted molar refractivity (Wildman–Crippen MR) is 111 cm³/mol. The summed E-state index contributed by atoms with van der Waals surface area (Å²) in [7, 11) is 1.89. The molecule has 0 saturated heterocycles. The van der Waals surface area contributed by atoms with Gasteiger partial charge in [0, 0.05) is 24.7 Å². The normalized spacial score (nSPS) is 11.1. The Hall–Kier alpha value is -3.75. The SMILES string of the molecule is Cc1nn(C)c(C)c1CCC(=O)OCc1nnc(-c2c(-c3ccccc3)noc2C)o1. The number of benzene rings is 1. The molecule has 3 aromatic heterocycles. The summed E-state index contributed by atoms with van der Waals surface area (Å²) < 4.78 is 18.2. The summed E-state index contributed by atoms with van der Waals surface area (Å²) in [5.41, 5.74) is 5.15. The van der Waals surface area contributed by atoms with Crippen LogP contribution in [0.4, 0.5) is 0 Å². The highest BCUT2D eigenvalue weighted by atomic mass is 16.5. The number of hydrogen-bond donors (Lipinski definition) is 0. The number of nitrogens with zero attached hydrogens (tertiary/aromatic N) is 5. The summed E-state index contributed by atoms with van der Waals surface area (Å²) in [4.78, 5) is 12.2. The summed E-state index contributed by atoms with van der Waals surface area (Å²) in [6.45, 7) is 5.60. The number of rotatable bonds is 7. The first-order chi connectivity index (χ1) is 14.9. The van der Waals surface area contributed by atoms with Crippen molar-refractivity contribution >= 4 is 5.97 Å². The van der Waals surface area contributed by atoms with Gasteiger partial charge in [-0.25, -0.2) is 0 Å². The van der Waals surface area contributed by atoms with E-state index < -0.39 is 0 Å². The number of hydrogen-bond acceptors (Lipinski definition) is 8. The lowest BCUT2D eigenvalue weighted by molar-refractivity contribution is -0.145. The van der Waals surface area contributed by atoms with E-state index in [2.05, 4.69) is 20.5 Å². The smallest absolute Gasteiger partial charge is 0.306 e. The van der Waals surface area contributed by atoms with Crippen LogP contribution in [0.15, 0.2) is 39.3 Å². The molecule has 160 valence electrons. The van der Waals surface area contributed by atoms with Gasteiger partial charge < -0.3 is 13.7 Å². The molecule has 0 N–H and O–H groups in total. The minimum absolute atomic E-state index is 0.0954. The molecule has 0 fully saturated rings. The number of aromatic nitrogens is 5. The van der Waals surface area contributed by atoms with E-state index in [1.165, 1.54) is 0 Å². The molecule has 3 heterocycles. The topological polar surface area (TPSA) is 109 Å². The summed E-state index contributed by atoms with van der Waals surface area (Å²) in [5, 5.41) is 16.6. The Balaban J connectivity index is 1.40. The Bertz CT molecular complexity index is 1210. The second-order valence-electron chi connectivity index (χ2n) is 7.26. The average Bonchev–Trinajstić information content (AvgIpc) is 3.44. The average molecular weight is 421 g/mol. The van der Waals surface area contributed by atoms with Gasteiger partial charge in [0.2, 0.25) is 0 Å². The highest BCUT2D eigenvalue weighted by Crippen LogP contribution is 2.33. The van der Waals surface area contributed by atoms with Gasteiger partial charge in [-0.3, -0.25) is 9.48 Å². The molecule has 0 aliphatic heterocycles. The molecular weight excluding hydrogens is 398 g/mol. The molecule has 31 heavy (non-hydrogen) atoms. The Kier molecular flexibility index (Phi) is 5.66. The molecule has 9 heteroatoms. The number of esters is 1. The van der Waals surface area contributed by atoms with Crippen molar-refractivity contribution in [3.8, 4) is 22.7 Å². The van der Waals surface area contributed by atoms with Crippen molar-refractivity contribution in [3.05, 3.63) is 58.9 Å². The molecule has 4 rings (SSSR count). The van der Waals surface area contributed by atoms with E-state index in [-0.39, 0.29) is 30.8 Å². The number of aryl methyl sites for hydroxylation is 3. The Labute approximate surface area is 179 Å². The van der Waals surface area contributed by atoms with Gasteiger partial charge in [-0.15, -0.1) is 10.2 Å². The van der Waals surface area contributed by atoms with Crippen molar-refractivity contribution in [1.82, 2.24) is 25.1 Å². The highest BCUT2D eigenvalue weighted by Gasteiger charge is 2.22. The van der Waals surface area contributed by atoms with Crippen molar-refractivity contribution in [2.45, 2.75) is 40.2 Å². The van der Waals surface area contributed by atoms with Gasteiger partial charge in [-0.1, -0.05) is 35.5 Å². The second-order valence-corrected chi connectivity index (χ2v) is 7.26. The third kappa shape index (κ3) is 4.25. The van der Waals surface area contributed by atoms with Crippen LogP contribution in [0.25, 0.3) is 22.7 Å². The molecule has 0 atom stereocenters. The van der Waals surface area contributed by atoms with Crippen molar-refractivity contribution in [3.63, 3.8) is 0 Å². The number of carbonyl (C=O) groups excluding carboxylic acids is 1. The summed E-state index contributed by atoms with van der Waals surface area (Å²) in [6, 6.07) is 9.59. The van der Waals surface area contributed by atoms with Crippen molar-refractivity contribution in [1.29, 1.82) is 0 Å². The van der Waals surface area contributed by atoms with Gasteiger partial charge in [-0.2, -0.15) is 5.10 Å². The van der Waals surface area contributed by atoms with E-state index in [0.717, 1.165) is 22.5 Å². The number of carbonyl (C=O) groups is 1. The maximum absolute atomic E-state index is 12.2. The highest BCUT2D eigenvalue weighted by molar-refractivity contribution is 5.77. The first kappa shape index (κ1) is 20.5. The van der Waals surface area contributed by atoms with E-state index in [1.54, 1.807) is 6.92 Å². The standard InChI is InChI=1S/C22H23N5O4/c1-13-17(14(2)27(4)25-13)10-11-19(28)29-12-18-23-24-22(30-18)20-15(3)31-26-21(20)16-8-6-5-7-9-16/h5-9H,10-12H2,1-4H3. The largest absolute Gasteiger partial charge is 0.456 e. The van der Waals surface area contributed by atoms with Crippen molar-refractivity contribution in [2.24, 2.45) is 7.05 Å². The zero-order chi connectivity index (χ0) is 22.0. The van der Waals surface area contributed by atoms with Gasteiger partial charge in [-0.05, 0) is 32.8 Å². The van der Waals surface area contributed by atoms with Crippen LogP contribution in [0.2, 0.25) is 0 Å². The second kappa shape index (κ2) is 8.55. The molecule has 0 aliphatic rings. The molecule has 1 aromatic carbocycles. The monoisotopic (exact) mass is 421 g/mol. The maximum Gasteiger partial charge on any atom is 0.306 e. The Morgan fingerprint density at radius 3 is 2.61 bits per heavy atom. The lowest BCUT2D eigenvalue weighted by atomic mass is 10.1. The van der Waals surface area contributed by atoms with Crippen LogP contribution in [0.1, 0.15) is 35.0 Å². The van der Waals surface area contributed by atoms with Crippen LogP contribution in [-0.2, 0) is 29.6 Å². The Morgan fingerprint density at radius 1 is 1.13 bits per heavy atom. The van der Waals surface area contributed by atoms with Gasteiger partial charge in [0.1, 0.15) is 17.0 Å². The van der Waals surface area contributed by atoms with E-state index >= 15 is 0 Å². The fourth-order valence-electron chi connectivity index (χ4n) is 3.45. The molecule has 0 unspecified atom stereocenters. The lowest BCUT2D eigenvalue weighted by Crippen LogP contribution is -2.07. The Morgan fingerprint density at radius 2 is 1.90 bits per heavy atom. The molecule has 0 saturated carbocycles. The minimum atomic E-state index is -0.339. The van der Waals surface area contributed by atoms with Gasteiger partial charge in [0.25, 0.3) is 11.8 Å². The van der Waals surface area contributed by atoms with E-state index in [4.69, 9.17) is 13.7 Å². The molecular formula is C22H23N5O4. The summed E-state index contributed by atoms with van der Waals surface area (Å²) in [6.07, 6.45) is 0.816. The third-order valence-corrected chi connectivity index (χ3v) is 5.19. The summed E-state index contributed by atoms with van der Waals surface area (Å²) >= 11 is 0. The van der Waals surface area contributed by atoms with Gasteiger partial charge in [0.05, 0.1) is 5.69 Å². The summed E-state index contributed by atoms with van der Waals surface area (Å²) in [5.74, 6) is 0.698. The minimum Gasteiger partial charge on any atom is -0.456 e. The molecule has 0 amide bonds. The number of ether oxygens (including phenoxy) is 1. The lowest BCUT2D eigenvalue weighted by Gasteiger charge is -2.03. The fraction of sp³-hybridized carbons (Fsp3) is 0.318.